The molecule has 0 unspecified atom stereocenters. The Balaban J connectivity index is 2.13. The fourth-order valence-corrected chi connectivity index (χ4v) is 3.02. The van der Waals surface area contributed by atoms with Crippen molar-refractivity contribution >= 4 is 21.8 Å². The van der Waals surface area contributed by atoms with E-state index in [1.54, 1.807) is 30.3 Å². The molecule has 0 amide bonds. The summed E-state index contributed by atoms with van der Waals surface area (Å²) in [6.07, 6.45) is -4.15. The largest absolute Gasteiger partial charge is 0.421 e. The number of hydrogen-bond donors (Lipinski definition) is 1. The fraction of sp³-hybridized carbons (Fsp3) is 0.111. The van der Waals surface area contributed by atoms with Crippen LogP contribution in [0, 0.1) is 18.6 Å². The lowest BCUT2D eigenvalue weighted by Gasteiger charge is -2.15. The maximum Gasteiger partial charge on any atom is 0.421 e. The Morgan fingerprint density at radius 3 is 2.42 bits per heavy atom. The summed E-state index contributed by atoms with van der Waals surface area (Å²) in [7, 11) is 0. The lowest BCUT2D eigenvalue weighted by Crippen LogP contribution is -2.13. The zero-order chi connectivity index (χ0) is 18.6. The van der Waals surface area contributed by atoms with Crippen molar-refractivity contribution in [2.24, 2.45) is 0 Å². The van der Waals surface area contributed by atoms with E-state index in [4.69, 9.17) is 0 Å². The molecule has 0 aliphatic heterocycles. The number of alkyl halides is 3. The Hall–Kier alpha value is -3.03. The van der Waals surface area contributed by atoms with Gasteiger partial charge in [0.05, 0.1) is 16.6 Å². The highest BCUT2D eigenvalue weighted by Gasteiger charge is 2.39. The van der Waals surface area contributed by atoms with Gasteiger partial charge < -0.3 is 4.98 Å². The molecular formula is C18H10F5N3. The van der Waals surface area contributed by atoms with E-state index in [2.05, 4.69) is 15.0 Å². The lowest BCUT2D eigenvalue weighted by molar-refractivity contribution is -0.138. The SMILES string of the molecule is Cc1c(F)c(C(F)(F)F)c2ncnc(-c3cc4ccccc4[nH]3)c2c1F. The number of nitrogens with zero attached hydrogens (tertiary/aromatic N) is 2. The minimum absolute atomic E-state index is 0.0581. The molecule has 26 heavy (non-hydrogen) atoms. The van der Waals surface area contributed by atoms with Gasteiger partial charge in [0.2, 0.25) is 0 Å². The quantitative estimate of drug-likeness (QED) is 0.461. The van der Waals surface area contributed by atoms with E-state index in [0.29, 0.717) is 11.2 Å². The molecule has 132 valence electrons. The van der Waals surface area contributed by atoms with Gasteiger partial charge in [-0.2, -0.15) is 13.2 Å². The lowest BCUT2D eigenvalue weighted by atomic mass is 10.0. The van der Waals surface area contributed by atoms with Crippen LogP contribution in [-0.2, 0) is 6.18 Å². The second kappa shape index (κ2) is 5.48. The molecule has 1 N–H and O–H groups in total. The molecule has 2 aromatic carbocycles. The van der Waals surface area contributed by atoms with E-state index >= 15 is 0 Å². The van der Waals surface area contributed by atoms with E-state index in [1.165, 1.54) is 0 Å². The van der Waals surface area contributed by atoms with Crippen LogP contribution in [-0.4, -0.2) is 15.0 Å². The van der Waals surface area contributed by atoms with E-state index in [0.717, 1.165) is 18.6 Å². The van der Waals surface area contributed by atoms with E-state index in [1.807, 2.05) is 0 Å². The minimum Gasteiger partial charge on any atom is -0.353 e. The predicted molar refractivity (Wildman–Crippen MR) is 86.5 cm³/mol. The van der Waals surface area contributed by atoms with E-state index < -0.39 is 39.8 Å². The maximum atomic E-state index is 14.7. The molecule has 4 aromatic rings. The van der Waals surface area contributed by atoms with Gasteiger partial charge in [0.1, 0.15) is 29.2 Å². The molecule has 0 fully saturated rings. The van der Waals surface area contributed by atoms with E-state index in [-0.39, 0.29) is 5.69 Å². The molecule has 0 atom stereocenters. The van der Waals surface area contributed by atoms with Gasteiger partial charge in [-0.05, 0) is 19.1 Å². The summed E-state index contributed by atoms with van der Waals surface area (Å²) in [6, 6.07) is 8.77. The average Bonchev–Trinajstić information content (AvgIpc) is 3.02. The first-order valence-electron chi connectivity index (χ1n) is 7.56. The summed E-state index contributed by atoms with van der Waals surface area (Å²) >= 11 is 0. The maximum absolute atomic E-state index is 14.7. The van der Waals surface area contributed by atoms with Crippen molar-refractivity contribution in [2.45, 2.75) is 13.1 Å². The smallest absolute Gasteiger partial charge is 0.353 e. The Morgan fingerprint density at radius 2 is 1.73 bits per heavy atom. The minimum atomic E-state index is -5.02. The monoisotopic (exact) mass is 363 g/mol. The van der Waals surface area contributed by atoms with E-state index in [9.17, 15) is 22.0 Å². The number of aromatic amines is 1. The first kappa shape index (κ1) is 16.4. The summed E-state index contributed by atoms with van der Waals surface area (Å²) < 4.78 is 69.0. The highest BCUT2D eigenvalue weighted by molar-refractivity contribution is 5.97. The second-order valence-corrected chi connectivity index (χ2v) is 5.84. The average molecular weight is 363 g/mol. The number of para-hydroxylation sites is 1. The predicted octanol–water partition coefficient (Wildman–Crippen LogP) is 5.38. The molecule has 0 spiro atoms. The van der Waals surface area contributed by atoms with Crippen molar-refractivity contribution in [3.63, 3.8) is 0 Å². The Labute approximate surface area is 143 Å². The second-order valence-electron chi connectivity index (χ2n) is 5.84. The number of nitrogens with one attached hydrogen (secondary N) is 1. The van der Waals surface area contributed by atoms with Crippen LogP contribution in [0.15, 0.2) is 36.7 Å². The molecular weight excluding hydrogens is 353 g/mol. The zero-order valence-electron chi connectivity index (χ0n) is 13.2. The van der Waals surface area contributed by atoms with Crippen molar-refractivity contribution in [3.05, 3.63) is 59.4 Å². The molecule has 0 aliphatic rings. The molecule has 4 rings (SSSR count). The van der Waals surface area contributed by atoms with Gasteiger partial charge in [-0.3, -0.25) is 0 Å². The van der Waals surface area contributed by atoms with Gasteiger partial charge in [0.25, 0.3) is 0 Å². The summed E-state index contributed by atoms with van der Waals surface area (Å²) in [5, 5.41) is 0.315. The molecule has 0 bridgehead atoms. The number of aromatic nitrogens is 3. The van der Waals surface area contributed by atoms with Crippen molar-refractivity contribution in [1.82, 2.24) is 15.0 Å². The molecule has 0 saturated heterocycles. The van der Waals surface area contributed by atoms with Crippen LogP contribution < -0.4 is 0 Å². The van der Waals surface area contributed by atoms with Crippen LogP contribution in [0.2, 0.25) is 0 Å². The Morgan fingerprint density at radius 1 is 1.00 bits per heavy atom. The molecule has 0 aliphatic carbocycles. The topological polar surface area (TPSA) is 41.6 Å². The molecule has 3 nitrogen and oxygen atoms in total. The summed E-state index contributed by atoms with van der Waals surface area (Å²) in [5.41, 5.74) is -2.15. The van der Waals surface area contributed by atoms with Crippen molar-refractivity contribution in [1.29, 1.82) is 0 Å². The Kier molecular flexibility index (Phi) is 3.47. The first-order chi connectivity index (χ1) is 12.3. The van der Waals surface area contributed by atoms with Crippen LogP contribution in [0.25, 0.3) is 33.2 Å². The number of rotatable bonds is 1. The summed E-state index contributed by atoms with van der Waals surface area (Å²) in [5.74, 6) is -2.77. The highest BCUT2D eigenvalue weighted by atomic mass is 19.4. The zero-order valence-corrected chi connectivity index (χ0v) is 13.2. The molecule has 2 heterocycles. The first-order valence-corrected chi connectivity index (χ1v) is 7.56. The third-order valence-corrected chi connectivity index (χ3v) is 4.25. The number of H-pyrrole nitrogens is 1. The number of halogens is 5. The third kappa shape index (κ3) is 2.33. The van der Waals surface area contributed by atoms with Gasteiger partial charge in [-0.25, -0.2) is 18.7 Å². The third-order valence-electron chi connectivity index (χ3n) is 4.25. The van der Waals surface area contributed by atoms with Crippen molar-refractivity contribution in [3.8, 4) is 11.4 Å². The molecule has 0 radical (unpaired) electrons. The molecule has 8 heteroatoms. The number of hydrogen-bond acceptors (Lipinski definition) is 2. The summed E-state index contributed by atoms with van der Waals surface area (Å²) in [4.78, 5) is 10.5. The number of benzene rings is 2. The normalized spacial score (nSPS) is 12.2. The molecule has 2 aromatic heterocycles. The van der Waals surface area contributed by atoms with Crippen LogP contribution in [0.4, 0.5) is 22.0 Å². The van der Waals surface area contributed by atoms with Crippen molar-refractivity contribution in [2.75, 3.05) is 0 Å². The van der Waals surface area contributed by atoms with Gasteiger partial charge in [0.15, 0.2) is 0 Å². The fourth-order valence-electron chi connectivity index (χ4n) is 3.02. The van der Waals surface area contributed by atoms with Gasteiger partial charge in [0, 0.05) is 16.5 Å². The van der Waals surface area contributed by atoms with Crippen LogP contribution in [0.3, 0.4) is 0 Å². The Bertz CT molecular complexity index is 1130. The highest BCUT2D eigenvalue weighted by Crippen LogP contribution is 2.41. The molecule has 0 saturated carbocycles. The summed E-state index contributed by atoms with van der Waals surface area (Å²) in [6.45, 7) is 0.960. The van der Waals surface area contributed by atoms with Gasteiger partial charge >= 0.3 is 6.18 Å². The van der Waals surface area contributed by atoms with Crippen LogP contribution in [0.5, 0.6) is 0 Å². The van der Waals surface area contributed by atoms with Gasteiger partial charge in [-0.15, -0.1) is 0 Å². The number of fused-ring (bicyclic) bond motifs is 2. The van der Waals surface area contributed by atoms with Gasteiger partial charge in [-0.1, -0.05) is 18.2 Å². The standard InChI is InChI=1S/C18H10F5N3/c1-8-14(19)12-16(11-6-9-4-2-3-5-10(9)26-11)24-7-25-17(12)13(15(8)20)18(21,22)23/h2-7,26H,1H3. The van der Waals surface area contributed by atoms with Crippen LogP contribution >= 0.6 is 0 Å². The van der Waals surface area contributed by atoms with Crippen LogP contribution in [0.1, 0.15) is 11.1 Å². The van der Waals surface area contributed by atoms with Crippen molar-refractivity contribution < 1.29 is 22.0 Å².